The molecule has 0 aliphatic carbocycles. The van der Waals surface area contributed by atoms with Gasteiger partial charge in [0.15, 0.2) is 0 Å². The number of nitrogens with one attached hydrogen (secondary N) is 1. The summed E-state index contributed by atoms with van der Waals surface area (Å²) in [5, 5.41) is 2.94. The smallest absolute Gasteiger partial charge is 0.248 e. The van der Waals surface area contributed by atoms with Crippen LogP contribution < -0.4 is 15.0 Å². The maximum absolute atomic E-state index is 13.0. The van der Waals surface area contributed by atoms with Crippen molar-refractivity contribution in [2.75, 3.05) is 56.3 Å². The largest absolute Gasteiger partial charge is 0.491 e. The number of aromatic nitrogens is 2. The van der Waals surface area contributed by atoms with E-state index in [9.17, 15) is 9.00 Å². The first kappa shape index (κ1) is 35.1. The standard InChI is InChI=1S/C38H46N4O5S/c1-3-5-21-45-24-25-47-35-12-6-30(7-13-35)31-8-16-37(41-19-22-46-23-20-41)32(26-31)9-17-38(43)40-33-10-14-36(15-11-33)48(44)28-34-27-39-29-42(34)18-4-2/h6-17,26-27,29H,3-5,18-25,28H2,1-2H3,(H,40,43)/t48-/m0/s1. The average Bonchev–Trinajstić information content (AvgIpc) is 3.56. The third kappa shape index (κ3) is 10.1. The highest BCUT2D eigenvalue weighted by molar-refractivity contribution is 7.84. The fourth-order valence-corrected chi connectivity index (χ4v) is 6.55. The normalized spacial score (nSPS) is 13.9. The molecule has 48 heavy (non-hydrogen) atoms. The summed E-state index contributed by atoms with van der Waals surface area (Å²) in [7, 11) is -1.22. The molecule has 0 saturated carbocycles. The number of rotatable bonds is 17. The van der Waals surface area contributed by atoms with Crippen molar-refractivity contribution in [3.05, 3.63) is 96.6 Å². The van der Waals surface area contributed by atoms with E-state index < -0.39 is 10.8 Å². The van der Waals surface area contributed by atoms with E-state index in [-0.39, 0.29) is 5.91 Å². The number of carbonyl (C=O) groups excluding carboxylic acids is 1. The zero-order valence-corrected chi connectivity index (χ0v) is 28.8. The second-order valence-electron chi connectivity index (χ2n) is 11.6. The van der Waals surface area contributed by atoms with Gasteiger partial charge in [-0.15, -0.1) is 0 Å². The molecule has 5 rings (SSSR count). The zero-order valence-electron chi connectivity index (χ0n) is 27.9. The molecule has 1 aromatic heterocycles. The van der Waals surface area contributed by atoms with Crippen molar-refractivity contribution < 1.29 is 23.2 Å². The Bertz CT molecular complexity index is 1650. The van der Waals surface area contributed by atoms with Crippen LogP contribution in [0.4, 0.5) is 11.4 Å². The van der Waals surface area contributed by atoms with Gasteiger partial charge >= 0.3 is 0 Å². The lowest BCUT2D eigenvalue weighted by Gasteiger charge is -2.30. The van der Waals surface area contributed by atoms with E-state index >= 15 is 0 Å². The molecule has 2 heterocycles. The zero-order chi connectivity index (χ0) is 33.6. The maximum Gasteiger partial charge on any atom is 0.248 e. The number of hydrogen-bond acceptors (Lipinski definition) is 7. The van der Waals surface area contributed by atoms with Gasteiger partial charge in [-0.05, 0) is 84.1 Å². The van der Waals surface area contributed by atoms with Gasteiger partial charge in [-0.1, -0.05) is 38.5 Å². The minimum atomic E-state index is -1.22. The molecule has 1 aliphatic rings. The highest BCUT2D eigenvalue weighted by Crippen LogP contribution is 2.30. The Morgan fingerprint density at radius 1 is 0.958 bits per heavy atom. The Morgan fingerprint density at radius 3 is 2.48 bits per heavy atom. The Hall–Kier alpha value is -4.25. The van der Waals surface area contributed by atoms with Crippen molar-refractivity contribution in [1.82, 2.24) is 9.55 Å². The number of imidazole rings is 1. The number of morpholine rings is 1. The number of aryl methyl sites for hydroxylation is 1. The van der Waals surface area contributed by atoms with Crippen LogP contribution in [0.15, 0.2) is 90.2 Å². The number of unbranched alkanes of at least 4 members (excludes halogenated alkanes) is 1. The molecule has 4 aromatic rings. The van der Waals surface area contributed by atoms with E-state index in [2.05, 4.69) is 47.2 Å². The van der Waals surface area contributed by atoms with Crippen LogP contribution in [0, 0.1) is 0 Å². The molecule has 1 aliphatic heterocycles. The molecule has 0 unspecified atom stereocenters. The first-order chi connectivity index (χ1) is 23.5. The van der Waals surface area contributed by atoms with Crippen LogP contribution in [0.3, 0.4) is 0 Å². The Kier molecular flexibility index (Phi) is 13.4. The van der Waals surface area contributed by atoms with Crippen LogP contribution in [0.5, 0.6) is 5.75 Å². The number of benzene rings is 3. The maximum atomic E-state index is 13.0. The summed E-state index contributed by atoms with van der Waals surface area (Å²) in [6.45, 7) is 9.87. The van der Waals surface area contributed by atoms with Gasteiger partial charge in [-0.25, -0.2) is 4.98 Å². The number of carbonyl (C=O) groups is 1. The molecular weight excluding hydrogens is 625 g/mol. The van der Waals surface area contributed by atoms with E-state index in [0.29, 0.717) is 42.8 Å². The van der Waals surface area contributed by atoms with Crippen molar-refractivity contribution in [2.45, 2.75) is 50.3 Å². The lowest BCUT2D eigenvalue weighted by atomic mass is 10.0. The summed E-state index contributed by atoms with van der Waals surface area (Å²) >= 11 is 0. The van der Waals surface area contributed by atoms with Crippen LogP contribution in [-0.2, 0) is 37.4 Å². The summed E-state index contributed by atoms with van der Waals surface area (Å²) in [5.74, 6) is 0.954. The van der Waals surface area contributed by atoms with Gasteiger partial charge < -0.3 is 29.0 Å². The van der Waals surface area contributed by atoms with E-state index in [1.165, 1.54) is 0 Å². The summed E-state index contributed by atoms with van der Waals surface area (Å²) in [5.41, 5.74) is 5.69. The Morgan fingerprint density at radius 2 is 1.73 bits per heavy atom. The molecule has 0 radical (unpaired) electrons. The van der Waals surface area contributed by atoms with Crippen molar-refractivity contribution >= 4 is 34.2 Å². The predicted octanol–water partition coefficient (Wildman–Crippen LogP) is 6.95. The van der Waals surface area contributed by atoms with Crippen molar-refractivity contribution in [1.29, 1.82) is 0 Å². The molecule has 1 N–H and O–H groups in total. The van der Waals surface area contributed by atoms with Crippen molar-refractivity contribution in [2.24, 2.45) is 0 Å². The van der Waals surface area contributed by atoms with Gasteiger partial charge in [-0.2, -0.15) is 0 Å². The molecular formula is C38H46N4O5S. The first-order valence-corrected chi connectivity index (χ1v) is 18.1. The van der Waals surface area contributed by atoms with E-state index in [4.69, 9.17) is 14.2 Å². The summed E-state index contributed by atoms with van der Waals surface area (Å²) in [6, 6.07) is 21.6. The molecule has 10 heteroatoms. The number of hydrogen-bond donors (Lipinski definition) is 1. The monoisotopic (exact) mass is 670 g/mol. The van der Waals surface area contributed by atoms with Gasteiger partial charge in [0, 0.05) is 54.8 Å². The Balaban J connectivity index is 1.23. The molecule has 9 nitrogen and oxygen atoms in total. The first-order valence-electron chi connectivity index (χ1n) is 16.8. The van der Waals surface area contributed by atoms with Crippen LogP contribution in [0.2, 0.25) is 0 Å². The Labute approximate surface area is 286 Å². The molecule has 1 atom stereocenters. The minimum absolute atomic E-state index is 0.245. The van der Waals surface area contributed by atoms with Gasteiger partial charge in [-0.3, -0.25) is 9.00 Å². The highest BCUT2D eigenvalue weighted by Gasteiger charge is 2.15. The fraction of sp³-hybridized carbons (Fsp3) is 0.368. The van der Waals surface area contributed by atoms with Gasteiger partial charge in [0.1, 0.15) is 12.4 Å². The van der Waals surface area contributed by atoms with E-state index in [1.807, 2.05) is 34.9 Å². The lowest BCUT2D eigenvalue weighted by Crippen LogP contribution is -2.36. The van der Waals surface area contributed by atoms with Crippen LogP contribution in [-0.4, -0.2) is 65.8 Å². The van der Waals surface area contributed by atoms with Crippen molar-refractivity contribution in [3.63, 3.8) is 0 Å². The van der Waals surface area contributed by atoms with E-state index in [1.54, 1.807) is 42.9 Å². The molecule has 3 aromatic carbocycles. The second-order valence-corrected chi connectivity index (χ2v) is 13.1. The van der Waals surface area contributed by atoms with Crippen LogP contribution >= 0.6 is 0 Å². The van der Waals surface area contributed by atoms with Crippen LogP contribution in [0.1, 0.15) is 44.4 Å². The number of anilines is 2. The van der Waals surface area contributed by atoms with Crippen LogP contribution in [0.25, 0.3) is 17.2 Å². The topological polar surface area (TPSA) is 94.9 Å². The van der Waals surface area contributed by atoms with Gasteiger partial charge in [0.2, 0.25) is 5.91 Å². The average molecular weight is 671 g/mol. The summed E-state index contributed by atoms with van der Waals surface area (Å²) < 4.78 is 32.1. The minimum Gasteiger partial charge on any atom is -0.491 e. The quantitative estimate of drug-likeness (QED) is 0.0960. The van der Waals surface area contributed by atoms with Crippen molar-refractivity contribution in [3.8, 4) is 16.9 Å². The lowest BCUT2D eigenvalue weighted by molar-refractivity contribution is -0.111. The predicted molar refractivity (Wildman–Crippen MR) is 193 cm³/mol. The third-order valence-electron chi connectivity index (χ3n) is 8.05. The number of amides is 1. The molecule has 0 bridgehead atoms. The SMILES string of the molecule is CCCCOCCOc1ccc(-c2ccc(N3CCOCC3)c(C=CC(=O)Nc3ccc([S@@](=O)Cc4cncn4CCC)cc3)c2)cc1. The molecule has 1 fully saturated rings. The third-order valence-corrected chi connectivity index (χ3v) is 9.40. The summed E-state index contributed by atoms with van der Waals surface area (Å²) in [4.78, 5) is 20.2. The molecule has 1 amide bonds. The molecule has 1 saturated heterocycles. The molecule has 0 spiro atoms. The highest BCUT2D eigenvalue weighted by atomic mass is 32.2. The van der Waals surface area contributed by atoms with Gasteiger partial charge in [0.25, 0.3) is 0 Å². The fourth-order valence-electron chi connectivity index (χ4n) is 5.44. The van der Waals surface area contributed by atoms with E-state index in [0.717, 1.165) is 79.3 Å². The van der Waals surface area contributed by atoms with Gasteiger partial charge in [0.05, 0.1) is 48.4 Å². The summed E-state index contributed by atoms with van der Waals surface area (Å²) in [6.07, 6.45) is 10.1. The second kappa shape index (κ2) is 18.3. The molecule has 254 valence electrons. The number of ether oxygens (including phenoxy) is 3. The number of nitrogens with zero attached hydrogens (tertiary/aromatic N) is 3.